The van der Waals surface area contributed by atoms with Gasteiger partial charge in [-0.25, -0.2) is 8.42 Å². The molecule has 1 saturated carbocycles. The van der Waals surface area contributed by atoms with Crippen LogP contribution in [0.3, 0.4) is 0 Å². The summed E-state index contributed by atoms with van der Waals surface area (Å²) in [6.45, 7) is 1.93. The first-order valence-electron chi connectivity index (χ1n) is 9.09. The number of anilines is 1. The van der Waals surface area contributed by atoms with Gasteiger partial charge >= 0.3 is 0 Å². The van der Waals surface area contributed by atoms with Crippen LogP contribution in [0.15, 0.2) is 52.9 Å². The van der Waals surface area contributed by atoms with Gasteiger partial charge in [0.1, 0.15) is 5.75 Å². The van der Waals surface area contributed by atoms with Crippen molar-refractivity contribution in [3.8, 4) is 5.75 Å². The molecule has 0 saturated heterocycles. The molecule has 2 aromatic carbocycles. The predicted molar refractivity (Wildman–Crippen MR) is 103 cm³/mol. The van der Waals surface area contributed by atoms with E-state index in [4.69, 9.17) is 0 Å². The van der Waals surface area contributed by atoms with Gasteiger partial charge in [-0.05, 0) is 62.4 Å². The van der Waals surface area contributed by atoms with Gasteiger partial charge in [0.25, 0.3) is 10.0 Å². The standard InChI is InChI=1S/C21H23NO3S/c1-14-6-9-16(10-7-14)26(24,25)22-19-12-13-20(23)18-11-8-15-4-2-3-5-17(15)21(18)19/h6-10,12-13,17,22-23H,2-5,11H2,1H3. The molecule has 136 valence electrons. The topological polar surface area (TPSA) is 66.4 Å². The summed E-state index contributed by atoms with van der Waals surface area (Å²) in [5.41, 5.74) is 4.80. The smallest absolute Gasteiger partial charge is 0.261 e. The molecule has 0 aliphatic heterocycles. The average Bonchev–Trinajstić information content (AvgIpc) is 2.64. The lowest BCUT2D eigenvalue weighted by molar-refractivity contribution is 0.462. The van der Waals surface area contributed by atoms with Crippen LogP contribution in [0.4, 0.5) is 5.69 Å². The van der Waals surface area contributed by atoms with Gasteiger partial charge in [-0.3, -0.25) is 4.72 Å². The number of phenols is 1. The number of sulfonamides is 1. The van der Waals surface area contributed by atoms with E-state index in [1.807, 2.05) is 6.92 Å². The van der Waals surface area contributed by atoms with E-state index in [2.05, 4.69) is 10.8 Å². The first kappa shape index (κ1) is 17.2. The number of benzene rings is 2. The number of phenolic OH excluding ortho intramolecular Hbond substituents is 1. The van der Waals surface area contributed by atoms with Gasteiger partial charge in [0.2, 0.25) is 0 Å². The van der Waals surface area contributed by atoms with E-state index in [0.29, 0.717) is 12.1 Å². The normalized spacial score (nSPS) is 19.3. The fourth-order valence-electron chi connectivity index (χ4n) is 4.12. The molecular weight excluding hydrogens is 346 g/mol. The minimum atomic E-state index is -3.67. The van der Waals surface area contributed by atoms with Gasteiger partial charge in [-0.1, -0.05) is 35.8 Å². The van der Waals surface area contributed by atoms with Crippen LogP contribution in [0.5, 0.6) is 5.75 Å². The van der Waals surface area contributed by atoms with Crippen molar-refractivity contribution < 1.29 is 13.5 Å². The Morgan fingerprint density at radius 2 is 1.85 bits per heavy atom. The van der Waals surface area contributed by atoms with Crippen LogP contribution in [-0.4, -0.2) is 13.5 Å². The van der Waals surface area contributed by atoms with Crippen LogP contribution in [-0.2, 0) is 16.4 Å². The molecule has 0 spiro atoms. The Hall–Kier alpha value is -2.27. The highest BCUT2D eigenvalue weighted by Gasteiger charge is 2.30. The van der Waals surface area contributed by atoms with Crippen LogP contribution in [0.2, 0.25) is 0 Å². The summed E-state index contributed by atoms with van der Waals surface area (Å²) in [5, 5.41) is 10.3. The van der Waals surface area contributed by atoms with E-state index in [0.717, 1.165) is 36.0 Å². The van der Waals surface area contributed by atoms with E-state index in [9.17, 15) is 13.5 Å². The average molecular weight is 369 g/mol. The largest absolute Gasteiger partial charge is 0.508 e. The van der Waals surface area contributed by atoms with E-state index in [-0.39, 0.29) is 16.6 Å². The molecule has 5 heteroatoms. The van der Waals surface area contributed by atoms with Gasteiger partial charge in [0, 0.05) is 11.5 Å². The molecule has 0 aromatic heterocycles. The zero-order valence-corrected chi connectivity index (χ0v) is 15.6. The second-order valence-corrected chi connectivity index (χ2v) is 8.91. The van der Waals surface area contributed by atoms with Crippen LogP contribution in [0, 0.1) is 6.92 Å². The van der Waals surface area contributed by atoms with Gasteiger partial charge in [0.05, 0.1) is 10.6 Å². The Bertz CT molecular complexity index is 975. The molecule has 26 heavy (non-hydrogen) atoms. The number of hydrogen-bond acceptors (Lipinski definition) is 3. The molecule has 2 aliphatic rings. The van der Waals surface area contributed by atoms with E-state index in [1.165, 1.54) is 12.0 Å². The predicted octanol–water partition coefficient (Wildman–Crippen LogP) is 4.64. The second-order valence-electron chi connectivity index (χ2n) is 7.22. The molecule has 2 N–H and O–H groups in total. The lowest BCUT2D eigenvalue weighted by Crippen LogP contribution is -2.20. The Balaban J connectivity index is 1.76. The second kappa shape index (κ2) is 6.47. The quantitative estimate of drug-likeness (QED) is 0.612. The first-order valence-corrected chi connectivity index (χ1v) is 10.6. The van der Waals surface area contributed by atoms with Crippen molar-refractivity contribution in [1.82, 2.24) is 0 Å². The van der Waals surface area contributed by atoms with E-state index < -0.39 is 10.0 Å². The summed E-state index contributed by atoms with van der Waals surface area (Å²) in [4.78, 5) is 0.250. The summed E-state index contributed by atoms with van der Waals surface area (Å²) >= 11 is 0. The monoisotopic (exact) mass is 369 g/mol. The number of aryl methyl sites for hydroxylation is 1. The number of nitrogens with one attached hydrogen (secondary N) is 1. The third-order valence-electron chi connectivity index (χ3n) is 5.48. The summed E-state index contributed by atoms with van der Waals surface area (Å²) in [6, 6.07) is 10.1. The Labute approximate surface area is 154 Å². The Morgan fingerprint density at radius 3 is 2.62 bits per heavy atom. The van der Waals surface area contributed by atoms with Gasteiger partial charge in [0.15, 0.2) is 0 Å². The number of allylic oxidation sites excluding steroid dienone is 2. The SMILES string of the molecule is Cc1ccc(S(=O)(=O)Nc2ccc(O)c3c2C2CCCCC2=CC3)cc1. The van der Waals surface area contributed by atoms with Crippen molar-refractivity contribution in [2.24, 2.45) is 0 Å². The zero-order valence-electron chi connectivity index (χ0n) is 14.8. The van der Waals surface area contributed by atoms with Crippen molar-refractivity contribution in [3.63, 3.8) is 0 Å². The first-order chi connectivity index (χ1) is 12.5. The number of aromatic hydroxyl groups is 1. The highest BCUT2D eigenvalue weighted by Crippen LogP contribution is 2.47. The minimum absolute atomic E-state index is 0.204. The van der Waals surface area contributed by atoms with Crippen LogP contribution in [0.25, 0.3) is 0 Å². The Kier molecular flexibility index (Phi) is 4.27. The summed E-state index contributed by atoms with van der Waals surface area (Å²) in [7, 11) is -3.67. The highest BCUT2D eigenvalue weighted by atomic mass is 32.2. The van der Waals surface area contributed by atoms with Gasteiger partial charge in [-0.2, -0.15) is 0 Å². The maximum Gasteiger partial charge on any atom is 0.261 e. The maximum atomic E-state index is 12.9. The number of rotatable bonds is 3. The van der Waals surface area contributed by atoms with Crippen molar-refractivity contribution in [1.29, 1.82) is 0 Å². The molecule has 0 bridgehead atoms. The summed E-state index contributed by atoms with van der Waals surface area (Å²) in [5.74, 6) is 0.453. The molecular formula is C21H23NO3S. The van der Waals surface area contributed by atoms with Gasteiger partial charge in [-0.15, -0.1) is 0 Å². The molecule has 0 heterocycles. The van der Waals surface area contributed by atoms with E-state index in [1.54, 1.807) is 36.4 Å². The van der Waals surface area contributed by atoms with Crippen LogP contribution in [0.1, 0.15) is 48.3 Å². The molecule has 1 unspecified atom stereocenters. The fourth-order valence-corrected chi connectivity index (χ4v) is 5.20. The zero-order chi connectivity index (χ0) is 18.3. The Morgan fingerprint density at radius 1 is 1.08 bits per heavy atom. The molecule has 4 rings (SSSR count). The van der Waals surface area contributed by atoms with Crippen LogP contribution >= 0.6 is 0 Å². The number of hydrogen-bond donors (Lipinski definition) is 2. The lowest BCUT2D eigenvalue weighted by atomic mass is 9.73. The fraction of sp³-hybridized carbons (Fsp3) is 0.333. The molecule has 2 aliphatic carbocycles. The van der Waals surface area contributed by atoms with Crippen molar-refractivity contribution >= 4 is 15.7 Å². The van der Waals surface area contributed by atoms with Crippen molar-refractivity contribution in [2.45, 2.75) is 49.8 Å². The molecule has 1 atom stereocenters. The number of fused-ring (bicyclic) bond motifs is 3. The molecule has 0 radical (unpaired) electrons. The van der Waals surface area contributed by atoms with Crippen molar-refractivity contribution in [3.05, 3.63) is 64.7 Å². The van der Waals surface area contributed by atoms with Crippen molar-refractivity contribution in [2.75, 3.05) is 4.72 Å². The highest BCUT2D eigenvalue weighted by molar-refractivity contribution is 7.92. The molecule has 4 nitrogen and oxygen atoms in total. The molecule has 2 aromatic rings. The maximum absolute atomic E-state index is 12.9. The molecule has 1 fully saturated rings. The summed E-state index contributed by atoms with van der Waals surface area (Å²) < 4.78 is 28.5. The third-order valence-corrected chi connectivity index (χ3v) is 6.86. The third kappa shape index (κ3) is 3.01. The van der Waals surface area contributed by atoms with E-state index >= 15 is 0 Å². The summed E-state index contributed by atoms with van der Waals surface area (Å²) in [6.07, 6.45) is 7.24. The van der Waals surface area contributed by atoms with Crippen LogP contribution < -0.4 is 4.72 Å². The minimum Gasteiger partial charge on any atom is -0.508 e. The lowest BCUT2D eigenvalue weighted by Gasteiger charge is -2.33. The van der Waals surface area contributed by atoms with Gasteiger partial charge < -0.3 is 5.11 Å². The molecule has 0 amide bonds.